The van der Waals surface area contributed by atoms with Gasteiger partial charge in [0.15, 0.2) is 0 Å². The summed E-state index contributed by atoms with van der Waals surface area (Å²) >= 11 is 0. The Morgan fingerprint density at radius 3 is 2.34 bits per heavy atom. The van der Waals surface area contributed by atoms with Crippen molar-refractivity contribution in [2.45, 2.75) is 118 Å². The van der Waals surface area contributed by atoms with Crippen LogP contribution in [0.1, 0.15) is 111 Å². The number of benzene rings is 1. The maximum Gasteiger partial charge on any atom is 0.0628 e. The molecule has 3 saturated carbocycles. The molecule has 4 aliphatic carbocycles. The lowest BCUT2D eigenvalue weighted by Crippen LogP contribution is -2.64. The first-order valence-corrected chi connectivity index (χ1v) is 15.7. The average Bonchev–Trinajstić information content (AvgIpc) is 3.15. The van der Waals surface area contributed by atoms with E-state index < -0.39 is 0 Å². The van der Waals surface area contributed by atoms with Crippen LogP contribution in [0.15, 0.2) is 42.0 Å². The lowest BCUT2D eigenvalue weighted by Gasteiger charge is -2.67. The van der Waals surface area contributed by atoms with Gasteiger partial charge in [-0.25, -0.2) is 0 Å². The van der Waals surface area contributed by atoms with Crippen LogP contribution in [0.4, 0.5) is 0 Å². The fourth-order valence-corrected chi connectivity index (χ4v) is 10.5. The molecule has 3 nitrogen and oxygen atoms in total. The van der Waals surface area contributed by atoms with Crippen LogP contribution in [0.25, 0.3) is 0 Å². The zero-order chi connectivity index (χ0) is 27.5. The minimum Gasteiger partial charge on any atom is -0.393 e. The van der Waals surface area contributed by atoms with Crippen molar-refractivity contribution in [2.75, 3.05) is 6.54 Å². The Morgan fingerprint density at radius 2 is 1.63 bits per heavy atom. The molecule has 0 radical (unpaired) electrons. The predicted octanol–water partition coefficient (Wildman–Crippen LogP) is 7.69. The lowest BCUT2D eigenvalue weighted by molar-refractivity contribution is -0.204. The van der Waals surface area contributed by atoms with Gasteiger partial charge < -0.3 is 15.5 Å². The first-order valence-electron chi connectivity index (χ1n) is 15.7. The molecule has 212 valence electrons. The van der Waals surface area contributed by atoms with E-state index in [2.05, 4.69) is 90.2 Å². The van der Waals surface area contributed by atoms with Gasteiger partial charge in [-0.2, -0.15) is 0 Å². The number of allylic oxidation sites excluding steroid dienone is 1. The van der Waals surface area contributed by atoms with Gasteiger partial charge in [0.1, 0.15) is 0 Å². The van der Waals surface area contributed by atoms with Gasteiger partial charge in [-0.1, -0.05) is 83.5 Å². The molecule has 0 aromatic heterocycles. The summed E-state index contributed by atoms with van der Waals surface area (Å²) in [7, 11) is 0. The minimum absolute atomic E-state index is 0.0919. The number of rotatable bonds is 7. The fraction of sp³-hybridized carbons (Fsp3) is 0.771. The summed E-state index contributed by atoms with van der Waals surface area (Å²) in [6.07, 6.45) is 10.9. The number of hydrogen-bond donors (Lipinski definition) is 3. The molecule has 4 aliphatic rings. The molecule has 0 aliphatic heterocycles. The third-order valence-electron chi connectivity index (χ3n) is 13.2. The van der Waals surface area contributed by atoms with Crippen LogP contribution in [0.3, 0.4) is 0 Å². The van der Waals surface area contributed by atoms with Gasteiger partial charge in [0.05, 0.1) is 12.2 Å². The molecule has 0 heterocycles. The van der Waals surface area contributed by atoms with E-state index in [1.807, 2.05) is 0 Å². The Morgan fingerprint density at radius 1 is 0.921 bits per heavy atom. The number of aliphatic hydroxyl groups is 2. The summed E-state index contributed by atoms with van der Waals surface area (Å²) in [5.74, 6) is 2.25. The zero-order valence-electron chi connectivity index (χ0n) is 25.3. The second-order valence-electron chi connectivity index (χ2n) is 15.1. The molecular formula is C35H55NO2. The molecule has 1 aromatic rings. The first-order chi connectivity index (χ1) is 17.9. The summed E-state index contributed by atoms with van der Waals surface area (Å²) in [6, 6.07) is 11.1. The van der Waals surface area contributed by atoms with Gasteiger partial charge in [-0.3, -0.25) is 0 Å². The van der Waals surface area contributed by atoms with Crippen molar-refractivity contribution in [3.63, 3.8) is 0 Å². The van der Waals surface area contributed by atoms with Crippen LogP contribution in [0, 0.1) is 45.3 Å². The molecule has 1 aromatic carbocycles. The second kappa shape index (κ2) is 10.0. The zero-order valence-corrected chi connectivity index (χ0v) is 25.3. The number of hydrogen-bond acceptors (Lipinski definition) is 3. The van der Waals surface area contributed by atoms with E-state index in [9.17, 15) is 10.2 Å². The third kappa shape index (κ3) is 4.17. The van der Waals surface area contributed by atoms with E-state index in [1.54, 1.807) is 0 Å². The van der Waals surface area contributed by atoms with Crippen molar-refractivity contribution >= 4 is 0 Å². The maximum atomic E-state index is 12.0. The maximum absolute atomic E-state index is 12.0. The van der Waals surface area contributed by atoms with Gasteiger partial charge in [0.25, 0.3) is 0 Å². The molecule has 3 N–H and O–H groups in total. The Labute approximate surface area is 232 Å². The van der Waals surface area contributed by atoms with Crippen LogP contribution in [0.5, 0.6) is 0 Å². The molecular weight excluding hydrogens is 466 g/mol. The highest BCUT2D eigenvalue weighted by Crippen LogP contribution is 2.74. The monoisotopic (exact) mass is 521 g/mol. The molecule has 5 rings (SSSR count). The molecule has 0 unspecified atom stereocenters. The van der Waals surface area contributed by atoms with Crippen LogP contribution < -0.4 is 5.32 Å². The topological polar surface area (TPSA) is 52.5 Å². The molecule has 10 atom stereocenters. The molecule has 3 fully saturated rings. The second-order valence-corrected chi connectivity index (χ2v) is 15.1. The van der Waals surface area contributed by atoms with Crippen molar-refractivity contribution in [2.24, 2.45) is 45.3 Å². The van der Waals surface area contributed by atoms with E-state index in [1.165, 1.54) is 36.8 Å². The Bertz CT molecular complexity index is 1020. The molecule has 0 saturated heterocycles. The smallest absolute Gasteiger partial charge is 0.0628 e. The van der Waals surface area contributed by atoms with Crippen LogP contribution in [-0.4, -0.2) is 29.0 Å². The molecule has 0 bridgehead atoms. The van der Waals surface area contributed by atoms with Gasteiger partial charge >= 0.3 is 0 Å². The third-order valence-corrected chi connectivity index (χ3v) is 13.2. The van der Waals surface area contributed by atoms with E-state index in [4.69, 9.17) is 0 Å². The molecule has 38 heavy (non-hydrogen) atoms. The number of fused-ring (bicyclic) bond motifs is 5. The quantitative estimate of drug-likeness (QED) is 0.255. The summed E-state index contributed by atoms with van der Waals surface area (Å²) in [5.41, 5.74) is 2.95. The van der Waals surface area contributed by atoms with Gasteiger partial charge in [0, 0.05) is 16.9 Å². The van der Waals surface area contributed by atoms with Crippen molar-refractivity contribution in [1.29, 1.82) is 0 Å². The number of aliphatic hydroxyl groups excluding tert-OH is 2. The van der Waals surface area contributed by atoms with Crippen molar-refractivity contribution in [1.82, 2.24) is 5.32 Å². The number of nitrogens with one attached hydrogen (secondary N) is 1. The van der Waals surface area contributed by atoms with Crippen LogP contribution >= 0.6 is 0 Å². The Balaban J connectivity index is 1.29. The molecule has 0 amide bonds. The summed E-state index contributed by atoms with van der Waals surface area (Å²) in [4.78, 5) is 0. The van der Waals surface area contributed by atoms with E-state index >= 15 is 0 Å². The average molecular weight is 522 g/mol. The summed E-state index contributed by atoms with van der Waals surface area (Å²) in [5, 5.41) is 26.6. The molecule has 3 heteroatoms. The largest absolute Gasteiger partial charge is 0.393 e. The first kappa shape index (κ1) is 28.4. The highest BCUT2D eigenvalue weighted by molar-refractivity contribution is 5.31. The van der Waals surface area contributed by atoms with Gasteiger partial charge in [-0.05, 0) is 105 Å². The summed E-state index contributed by atoms with van der Waals surface area (Å²) < 4.78 is 0. The van der Waals surface area contributed by atoms with E-state index in [0.29, 0.717) is 29.7 Å². The van der Waals surface area contributed by atoms with Crippen molar-refractivity contribution in [3.05, 3.63) is 47.5 Å². The van der Waals surface area contributed by atoms with Gasteiger partial charge in [0.2, 0.25) is 0 Å². The highest BCUT2D eigenvalue weighted by Gasteiger charge is 2.70. The predicted molar refractivity (Wildman–Crippen MR) is 158 cm³/mol. The van der Waals surface area contributed by atoms with Crippen molar-refractivity contribution < 1.29 is 10.2 Å². The normalized spacial score (nSPS) is 43.4. The van der Waals surface area contributed by atoms with Crippen molar-refractivity contribution in [3.8, 4) is 0 Å². The highest BCUT2D eigenvalue weighted by atomic mass is 16.3. The van der Waals surface area contributed by atoms with E-state index in [-0.39, 0.29) is 33.9 Å². The summed E-state index contributed by atoms with van der Waals surface area (Å²) in [6.45, 7) is 17.8. The lowest BCUT2D eigenvalue weighted by atomic mass is 9.38. The van der Waals surface area contributed by atoms with E-state index in [0.717, 1.165) is 32.2 Å². The fourth-order valence-electron chi connectivity index (χ4n) is 10.5. The van der Waals surface area contributed by atoms with Crippen LogP contribution in [0.2, 0.25) is 0 Å². The Kier molecular flexibility index (Phi) is 7.49. The SMILES string of the molecule is C[C@H](NCCC[C@@H](C)[C@H]1CC[C@@]2(C)[C@@H]3CC=C4[C@@H](CC[C@H](O)C4(C)C)[C@]3(C)[C@H](O)C[C@]12C)c1ccccc1. The Hall–Kier alpha value is -1.16. The van der Waals surface area contributed by atoms with Gasteiger partial charge in [-0.15, -0.1) is 0 Å². The van der Waals surface area contributed by atoms with Crippen LogP contribution in [-0.2, 0) is 0 Å². The molecule has 0 spiro atoms. The minimum atomic E-state index is -0.272. The standard InChI is InChI=1S/C35H55NO2/c1-23(12-11-21-36-24(2)25-13-9-8-10-14-25)26-19-20-33(5)29-17-15-27-28(16-18-30(37)32(27,3)4)35(29,7)31(38)22-34(26,33)6/h8-10,13-15,23-24,26,28-31,36-38H,11-12,16-22H2,1-7H3/t23-,24+,26-,28-,29+,30+,31-,33+,34-,35+/m1/s1.